The van der Waals surface area contributed by atoms with Crippen molar-refractivity contribution in [2.45, 2.75) is 44.7 Å². The van der Waals surface area contributed by atoms with Crippen LogP contribution in [0.5, 0.6) is 0 Å². The summed E-state index contributed by atoms with van der Waals surface area (Å²) in [6, 6.07) is 1.72. The van der Waals surface area contributed by atoms with Crippen molar-refractivity contribution >= 4 is 22.9 Å². The number of aryl methyl sites for hydroxylation is 1. The highest BCUT2D eigenvalue weighted by Crippen LogP contribution is 2.28. The molecule has 0 aliphatic heterocycles. The molecular weight excluding hydrogens is 266 g/mol. The maximum absolute atomic E-state index is 12.0. The summed E-state index contributed by atoms with van der Waals surface area (Å²) in [5, 5.41) is 13.7. The van der Waals surface area contributed by atoms with Crippen LogP contribution in [0.2, 0.25) is 0 Å². The Morgan fingerprint density at radius 1 is 1.47 bits per heavy atom. The molecule has 0 aromatic carbocycles. The molecule has 0 unspecified atom stereocenters. The number of nitrogens with two attached hydrogens (primary N) is 1. The van der Waals surface area contributed by atoms with Gasteiger partial charge in [0.05, 0.1) is 14.7 Å². The third-order valence-corrected chi connectivity index (χ3v) is 4.46. The van der Waals surface area contributed by atoms with E-state index in [1.54, 1.807) is 6.92 Å². The molecule has 0 spiro atoms. The third-order valence-electron chi connectivity index (χ3n) is 3.42. The fourth-order valence-electron chi connectivity index (χ4n) is 2.29. The molecule has 0 radical (unpaired) electrons. The number of rotatable bonds is 3. The molecule has 1 saturated carbocycles. The Hall–Kier alpha value is -1.47. The zero-order valence-electron chi connectivity index (χ0n) is 10.7. The molecule has 7 heteroatoms. The fraction of sp³-hybridized carbons (Fsp3) is 0.583. The molecule has 0 atom stereocenters. The number of carbonyl (C=O) groups is 1. The monoisotopic (exact) mass is 283 g/mol. The number of thiophene rings is 1. The first-order chi connectivity index (χ1) is 8.97. The van der Waals surface area contributed by atoms with Crippen LogP contribution in [0.15, 0.2) is 6.07 Å². The largest absolute Gasteiger partial charge is 0.349 e. The molecule has 1 amide bonds. The van der Waals surface area contributed by atoms with Gasteiger partial charge in [-0.2, -0.15) is 0 Å². The van der Waals surface area contributed by atoms with E-state index in [1.165, 1.54) is 6.07 Å². The quantitative estimate of drug-likeness (QED) is 0.654. The number of carbonyl (C=O) groups excluding carboxylic acids is 1. The average molecular weight is 283 g/mol. The van der Waals surface area contributed by atoms with Crippen molar-refractivity contribution in [1.29, 1.82) is 0 Å². The van der Waals surface area contributed by atoms with Crippen molar-refractivity contribution in [3.63, 3.8) is 0 Å². The van der Waals surface area contributed by atoms with Gasteiger partial charge >= 0.3 is 0 Å². The fourth-order valence-corrected chi connectivity index (χ4v) is 3.18. The van der Waals surface area contributed by atoms with Gasteiger partial charge < -0.3 is 11.1 Å². The van der Waals surface area contributed by atoms with Crippen molar-refractivity contribution < 1.29 is 9.72 Å². The van der Waals surface area contributed by atoms with E-state index in [0.29, 0.717) is 9.75 Å². The van der Waals surface area contributed by atoms with E-state index < -0.39 is 4.92 Å². The summed E-state index contributed by atoms with van der Waals surface area (Å²) in [4.78, 5) is 23.3. The lowest BCUT2D eigenvalue weighted by molar-refractivity contribution is -0.385. The van der Waals surface area contributed by atoms with Crippen LogP contribution < -0.4 is 11.1 Å². The van der Waals surface area contributed by atoms with Crippen molar-refractivity contribution in [2.24, 2.45) is 5.73 Å². The summed E-state index contributed by atoms with van der Waals surface area (Å²) in [6.07, 6.45) is 3.57. The number of amides is 1. The van der Waals surface area contributed by atoms with Crippen LogP contribution in [-0.4, -0.2) is 22.9 Å². The van der Waals surface area contributed by atoms with Crippen LogP contribution in [0, 0.1) is 17.0 Å². The van der Waals surface area contributed by atoms with Crippen LogP contribution in [-0.2, 0) is 0 Å². The highest BCUT2D eigenvalue weighted by atomic mass is 32.1. The highest BCUT2D eigenvalue weighted by Gasteiger charge is 2.23. The Bertz CT molecular complexity index is 492. The normalized spacial score (nSPS) is 23.1. The molecule has 0 saturated heterocycles. The Balaban J connectivity index is 2.00. The van der Waals surface area contributed by atoms with Gasteiger partial charge in [0, 0.05) is 18.2 Å². The lowest BCUT2D eigenvalue weighted by atomic mass is 9.92. The van der Waals surface area contributed by atoms with E-state index in [2.05, 4.69) is 5.32 Å². The van der Waals surface area contributed by atoms with Crippen molar-refractivity contribution in [1.82, 2.24) is 5.32 Å². The Morgan fingerprint density at radius 3 is 2.63 bits per heavy atom. The molecule has 1 aromatic heterocycles. The van der Waals surface area contributed by atoms with Gasteiger partial charge in [-0.05, 0) is 32.6 Å². The number of nitrogens with zero attached hydrogens (tertiary/aromatic N) is 1. The summed E-state index contributed by atoms with van der Waals surface area (Å²) in [5.74, 6) is -0.221. The van der Waals surface area contributed by atoms with Gasteiger partial charge in [0.2, 0.25) is 0 Å². The van der Waals surface area contributed by atoms with Crippen molar-refractivity contribution in [3.05, 3.63) is 25.9 Å². The standard InChI is InChI=1S/C12H17N3O3S/c1-7-10(15(17)18)6-11(19-7)12(16)14-9-4-2-8(13)3-5-9/h6,8-9H,2-5,13H2,1H3,(H,14,16). The zero-order valence-corrected chi connectivity index (χ0v) is 11.5. The van der Waals surface area contributed by atoms with Crippen LogP contribution in [0.1, 0.15) is 40.2 Å². The van der Waals surface area contributed by atoms with Gasteiger partial charge in [0.1, 0.15) is 0 Å². The smallest absolute Gasteiger partial charge is 0.283 e. The second-order valence-electron chi connectivity index (χ2n) is 4.89. The number of nitrogens with one attached hydrogen (secondary N) is 1. The van der Waals surface area contributed by atoms with E-state index >= 15 is 0 Å². The van der Waals surface area contributed by atoms with Crippen LogP contribution in [0.25, 0.3) is 0 Å². The number of hydrogen-bond donors (Lipinski definition) is 2. The first-order valence-electron chi connectivity index (χ1n) is 6.28. The molecule has 1 heterocycles. The van der Waals surface area contributed by atoms with E-state index in [9.17, 15) is 14.9 Å². The summed E-state index contributed by atoms with van der Waals surface area (Å²) in [6.45, 7) is 1.65. The van der Waals surface area contributed by atoms with E-state index in [1.807, 2.05) is 0 Å². The molecule has 1 aromatic rings. The average Bonchev–Trinajstić information content (AvgIpc) is 2.74. The molecule has 1 aliphatic carbocycles. The molecule has 2 rings (SSSR count). The van der Waals surface area contributed by atoms with E-state index in [4.69, 9.17) is 5.73 Å². The summed E-state index contributed by atoms with van der Waals surface area (Å²) in [5.41, 5.74) is 5.82. The molecule has 3 N–H and O–H groups in total. The van der Waals surface area contributed by atoms with Gasteiger partial charge in [-0.25, -0.2) is 0 Å². The summed E-state index contributed by atoms with van der Waals surface area (Å²) in [7, 11) is 0. The highest BCUT2D eigenvalue weighted by molar-refractivity contribution is 7.14. The maximum Gasteiger partial charge on any atom is 0.283 e. The predicted molar refractivity (Wildman–Crippen MR) is 73.4 cm³/mol. The van der Waals surface area contributed by atoms with Crippen LogP contribution >= 0.6 is 11.3 Å². The van der Waals surface area contributed by atoms with Gasteiger partial charge in [-0.3, -0.25) is 14.9 Å². The van der Waals surface area contributed by atoms with E-state index in [0.717, 1.165) is 37.0 Å². The molecule has 104 valence electrons. The minimum atomic E-state index is -0.456. The van der Waals surface area contributed by atoms with Gasteiger partial charge in [-0.15, -0.1) is 11.3 Å². The van der Waals surface area contributed by atoms with Crippen LogP contribution in [0.4, 0.5) is 5.69 Å². The minimum absolute atomic E-state index is 0.0146. The van der Waals surface area contributed by atoms with Crippen molar-refractivity contribution in [2.75, 3.05) is 0 Å². The minimum Gasteiger partial charge on any atom is -0.349 e. The molecule has 19 heavy (non-hydrogen) atoms. The van der Waals surface area contributed by atoms with E-state index in [-0.39, 0.29) is 23.7 Å². The summed E-state index contributed by atoms with van der Waals surface area (Å²) < 4.78 is 0. The number of hydrogen-bond acceptors (Lipinski definition) is 5. The molecule has 6 nitrogen and oxygen atoms in total. The van der Waals surface area contributed by atoms with Gasteiger partial charge in [0.25, 0.3) is 11.6 Å². The summed E-state index contributed by atoms with van der Waals surface area (Å²) >= 11 is 1.16. The second-order valence-corrected chi connectivity index (χ2v) is 6.15. The second kappa shape index (κ2) is 5.66. The zero-order chi connectivity index (χ0) is 14.0. The Kier molecular flexibility index (Phi) is 4.16. The Labute approximate surface area is 115 Å². The lowest BCUT2D eigenvalue weighted by Gasteiger charge is -2.26. The topological polar surface area (TPSA) is 98.3 Å². The first kappa shape index (κ1) is 14.0. The Morgan fingerprint density at radius 2 is 2.11 bits per heavy atom. The molecular formula is C12H17N3O3S. The number of nitro groups is 1. The van der Waals surface area contributed by atoms with Crippen molar-refractivity contribution in [3.8, 4) is 0 Å². The molecule has 1 aliphatic rings. The van der Waals surface area contributed by atoms with Gasteiger partial charge in [0.15, 0.2) is 0 Å². The predicted octanol–water partition coefficient (Wildman–Crippen LogP) is 1.96. The molecule has 1 fully saturated rings. The maximum atomic E-state index is 12.0. The van der Waals surface area contributed by atoms with Crippen LogP contribution in [0.3, 0.4) is 0 Å². The lowest BCUT2D eigenvalue weighted by Crippen LogP contribution is -2.40. The third kappa shape index (κ3) is 3.30. The SMILES string of the molecule is Cc1sc(C(=O)NC2CCC(N)CC2)cc1[N+](=O)[O-]. The first-order valence-corrected chi connectivity index (χ1v) is 7.10. The van der Waals surface area contributed by atoms with Gasteiger partial charge in [-0.1, -0.05) is 0 Å². The molecule has 0 bridgehead atoms.